The molecule has 1 aromatic heterocycles. The minimum absolute atomic E-state index is 0.458. The van der Waals surface area contributed by atoms with Crippen molar-refractivity contribution in [2.45, 2.75) is 20.8 Å². The van der Waals surface area contributed by atoms with Gasteiger partial charge in [0.05, 0.1) is 6.21 Å². The summed E-state index contributed by atoms with van der Waals surface area (Å²) in [5.74, 6) is -0.396. The molecule has 0 spiro atoms. The molecule has 4 aromatic rings. The summed E-state index contributed by atoms with van der Waals surface area (Å²) >= 11 is 6.29. The van der Waals surface area contributed by atoms with Gasteiger partial charge < -0.3 is 14.6 Å². The topological polar surface area (TPSA) is 84.7 Å². The van der Waals surface area contributed by atoms with Crippen LogP contribution in [0.3, 0.4) is 0 Å². The maximum absolute atomic E-state index is 12.3. The van der Waals surface area contributed by atoms with Crippen LogP contribution in [0.4, 0.5) is 5.69 Å². The van der Waals surface area contributed by atoms with Crippen molar-refractivity contribution < 1.29 is 14.3 Å². The van der Waals surface area contributed by atoms with Crippen molar-refractivity contribution in [3.8, 4) is 17.2 Å². The summed E-state index contributed by atoms with van der Waals surface area (Å²) < 4.78 is 7.77. The zero-order valence-electron chi connectivity index (χ0n) is 20.1. The number of para-hydroxylation sites is 1. The molecular formula is C28H25ClN4O3. The Balaban J connectivity index is 1.35. The molecule has 0 aliphatic heterocycles. The zero-order valence-corrected chi connectivity index (χ0v) is 20.8. The Labute approximate surface area is 214 Å². The van der Waals surface area contributed by atoms with Gasteiger partial charge in [0.25, 0.3) is 0 Å². The Morgan fingerprint density at radius 3 is 2.28 bits per heavy atom. The fourth-order valence-corrected chi connectivity index (χ4v) is 3.84. The highest BCUT2D eigenvalue weighted by atomic mass is 35.5. The molecule has 2 amide bonds. The number of halogens is 1. The first-order chi connectivity index (χ1) is 17.3. The second-order valence-corrected chi connectivity index (χ2v) is 8.60. The van der Waals surface area contributed by atoms with Gasteiger partial charge in [-0.15, -0.1) is 0 Å². The molecule has 0 bridgehead atoms. The van der Waals surface area contributed by atoms with E-state index in [1.165, 1.54) is 6.21 Å². The van der Waals surface area contributed by atoms with Crippen LogP contribution in [0.1, 0.15) is 22.5 Å². The minimum atomic E-state index is -0.880. The lowest BCUT2D eigenvalue weighted by Crippen LogP contribution is -2.32. The Hall–Kier alpha value is -4.36. The standard InChI is InChI=1S/C28H25ClN4O3/c1-18-9-12-23(16-26(18)29)33-19(2)15-21(20(33)3)17-30-32-28(35)27(34)31-22-10-13-25(14-11-22)36-24-7-5-4-6-8-24/h4-17H,1-3H3,(H,31,34)(H,32,35)/b30-17-. The molecule has 4 rings (SSSR count). The average molecular weight is 501 g/mol. The van der Waals surface area contributed by atoms with Crippen molar-refractivity contribution in [1.29, 1.82) is 0 Å². The van der Waals surface area contributed by atoms with E-state index in [0.29, 0.717) is 22.2 Å². The van der Waals surface area contributed by atoms with Gasteiger partial charge in [-0.05, 0) is 80.9 Å². The van der Waals surface area contributed by atoms with Gasteiger partial charge in [-0.2, -0.15) is 5.10 Å². The molecule has 36 heavy (non-hydrogen) atoms. The van der Waals surface area contributed by atoms with Crippen LogP contribution in [-0.4, -0.2) is 22.6 Å². The summed E-state index contributed by atoms with van der Waals surface area (Å²) in [5, 5.41) is 7.19. The molecule has 0 fully saturated rings. The first-order valence-electron chi connectivity index (χ1n) is 11.2. The van der Waals surface area contributed by atoms with Gasteiger partial charge >= 0.3 is 11.8 Å². The Morgan fingerprint density at radius 1 is 0.889 bits per heavy atom. The van der Waals surface area contributed by atoms with E-state index in [9.17, 15) is 9.59 Å². The van der Waals surface area contributed by atoms with Crippen molar-refractivity contribution in [2.24, 2.45) is 5.10 Å². The van der Waals surface area contributed by atoms with E-state index in [4.69, 9.17) is 16.3 Å². The number of aryl methyl sites for hydroxylation is 2. The third-order valence-corrected chi connectivity index (χ3v) is 5.96. The predicted molar refractivity (Wildman–Crippen MR) is 142 cm³/mol. The first-order valence-corrected chi connectivity index (χ1v) is 11.6. The number of aromatic nitrogens is 1. The fourth-order valence-electron chi connectivity index (χ4n) is 3.67. The van der Waals surface area contributed by atoms with Gasteiger partial charge in [0.2, 0.25) is 0 Å². The van der Waals surface area contributed by atoms with Gasteiger partial charge in [0.1, 0.15) is 11.5 Å². The molecule has 182 valence electrons. The van der Waals surface area contributed by atoms with Crippen LogP contribution in [0.5, 0.6) is 11.5 Å². The van der Waals surface area contributed by atoms with E-state index in [-0.39, 0.29) is 0 Å². The van der Waals surface area contributed by atoms with E-state index in [2.05, 4.69) is 15.8 Å². The number of rotatable bonds is 6. The molecule has 0 saturated carbocycles. The number of carbonyl (C=O) groups excluding carboxylic acids is 2. The second kappa shape index (κ2) is 10.9. The third-order valence-electron chi connectivity index (χ3n) is 5.55. The van der Waals surface area contributed by atoms with Crippen molar-refractivity contribution >= 4 is 35.3 Å². The van der Waals surface area contributed by atoms with E-state index in [0.717, 1.165) is 28.2 Å². The lowest BCUT2D eigenvalue weighted by Gasteiger charge is -2.11. The van der Waals surface area contributed by atoms with Crippen molar-refractivity contribution in [3.05, 3.63) is 106 Å². The minimum Gasteiger partial charge on any atom is -0.457 e. The lowest BCUT2D eigenvalue weighted by atomic mass is 10.2. The van der Waals surface area contributed by atoms with Gasteiger partial charge in [0, 0.05) is 33.3 Å². The molecule has 0 aliphatic rings. The highest BCUT2D eigenvalue weighted by Crippen LogP contribution is 2.25. The molecule has 0 saturated heterocycles. The Morgan fingerprint density at radius 2 is 1.58 bits per heavy atom. The number of hydrogen-bond donors (Lipinski definition) is 2. The van der Waals surface area contributed by atoms with Crippen LogP contribution in [0.15, 0.2) is 84.0 Å². The maximum atomic E-state index is 12.3. The normalized spacial score (nSPS) is 10.9. The summed E-state index contributed by atoms with van der Waals surface area (Å²) in [5.41, 5.74) is 7.38. The number of carbonyl (C=O) groups is 2. The Kier molecular flexibility index (Phi) is 7.51. The summed E-state index contributed by atoms with van der Waals surface area (Å²) in [6, 6.07) is 23.9. The van der Waals surface area contributed by atoms with Crippen LogP contribution in [0.25, 0.3) is 5.69 Å². The third kappa shape index (κ3) is 5.82. The quantitative estimate of drug-likeness (QED) is 0.195. The molecule has 0 atom stereocenters. The molecular weight excluding hydrogens is 476 g/mol. The largest absolute Gasteiger partial charge is 0.457 e. The van der Waals surface area contributed by atoms with E-state index in [1.807, 2.05) is 79.9 Å². The smallest absolute Gasteiger partial charge is 0.329 e. The van der Waals surface area contributed by atoms with Gasteiger partial charge in [-0.25, -0.2) is 5.43 Å². The van der Waals surface area contributed by atoms with Crippen LogP contribution in [0, 0.1) is 20.8 Å². The maximum Gasteiger partial charge on any atom is 0.329 e. The predicted octanol–water partition coefficient (Wildman–Crippen LogP) is 5.94. The SMILES string of the molecule is Cc1ccc(-n2c(C)cc(/C=N\NC(=O)C(=O)Nc3ccc(Oc4ccccc4)cc3)c2C)cc1Cl. The van der Waals surface area contributed by atoms with Crippen molar-refractivity contribution in [3.63, 3.8) is 0 Å². The highest BCUT2D eigenvalue weighted by molar-refractivity contribution is 6.39. The van der Waals surface area contributed by atoms with Gasteiger partial charge in [0.15, 0.2) is 0 Å². The number of amides is 2. The molecule has 2 N–H and O–H groups in total. The van der Waals surface area contributed by atoms with E-state index < -0.39 is 11.8 Å². The van der Waals surface area contributed by atoms with Crippen LogP contribution >= 0.6 is 11.6 Å². The summed E-state index contributed by atoms with van der Waals surface area (Å²) in [6.07, 6.45) is 1.51. The van der Waals surface area contributed by atoms with Crippen molar-refractivity contribution in [1.82, 2.24) is 9.99 Å². The van der Waals surface area contributed by atoms with Crippen LogP contribution in [-0.2, 0) is 9.59 Å². The van der Waals surface area contributed by atoms with E-state index in [1.54, 1.807) is 24.3 Å². The van der Waals surface area contributed by atoms with Gasteiger partial charge in [-0.3, -0.25) is 9.59 Å². The summed E-state index contributed by atoms with van der Waals surface area (Å²) in [6.45, 7) is 5.87. The van der Waals surface area contributed by atoms with E-state index >= 15 is 0 Å². The van der Waals surface area contributed by atoms with Gasteiger partial charge in [-0.1, -0.05) is 35.9 Å². The molecule has 3 aromatic carbocycles. The number of hydrogen-bond acceptors (Lipinski definition) is 4. The summed E-state index contributed by atoms with van der Waals surface area (Å²) in [7, 11) is 0. The number of benzene rings is 3. The monoisotopic (exact) mass is 500 g/mol. The second-order valence-electron chi connectivity index (χ2n) is 8.19. The number of nitrogens with zero attached hydrogens (tertiary/aromatic N) is 2. The molecule has 0 unspecified atom stereocenters. The van der Waals surface area contributed by atoms with Crippen LogP contribution in [0.2, 0.25) is 5.02 Å². The molecule has 0 radical (unpaired) electrons. The van der Waals surface area contributed by atoms with Crippen molar-refractivity contribution in [2.75, 3.05) is 5.32 Å². The lowest BCUT2D eigenvalue weighted by molar-refractivity contribution is -0.136. The van der Waals surface area contributed by atoms with Crippen LogP contribution < -0.4 is 15.5 Å². The fraction of sp³-hybridized carbons (Fsp3) is 0.107. The highest BCUT2D eigenvalue weighted by Gasteiger charge is 2.14. The number of hydrazone groups is 1. The molecule has 8 heteroatoms. The summed E-state index contributed by atoms with van der Waals surface area (Å²) in [4.78, 5) is 24.5. The number of ether oxygens (including phenoxy) is 1. The first kappa shape index (κ1) is 24.8. The Bertz CT molecular complexity index is 1430. The average Bonchev–Trinajstić information content (AvgIpc) is 3.15. The zero-order chi connectivity index (χ0) is 25.7. The molecule has 1 heterocycles. The number of anilines is 1. The molecule has 7 nitrogen and oxygen atoms in total. The molecule has 0 aliphatic carbocycles. The number of nitrogens with one attached hydrogen (secondary N) is 2.